The number of hydrogen-bond donors (Lipinski definition) is 0. The average Bonchev–Trinajstić information content (AvgIpc) is 2.77. The monoisotopic (exact) mass is 468 g/mol. The van der Waals surface area contributed by atoms with Gasteiger partial charge in [-0.05, 0) is 42.5 Å². The van der Waals surface area contributed by atoms with Crippen LogP contribution in [0, 0.1) is 0 Å². The molecule has 1 aliphatic rings. The molecule has 0 radical (unpaired) electrons. The van der Waals surface area contributed by atoms with Gasteiger partial charge in [-0.25, -0.2) is 17.5 Å². The van der Waals surface area contributed by atoms with Crippen molar-refractivity contribution in [1.29, 1.82) is 0 Å². The van der Waals surface area contributed by atoms with Gasteiger partial charge in [-0.15, -0.1) is 0 Å². The number of esters is 1. The van der Waals surface area contributed by atoms with Crippen LogP contribution in [-0.2, 0) is 19.5 Å². The van der Waals surface area contributed by atoms with Crippen molar-refractivity contribution in [2.75, 3.05) is 58.5 Å². The van der Waals surface area contributed by atoms with Crippen LogP contribution in [0.15, 0.2) is 47.4 Å². The van der Waals surface area contributed by atoms with E-state index in [1.165, 1.54) is 26.2 Å². The smallest absolute Gasteiger partial charge is 0.340 e. The van der Waals surface area contributed by atoms with Gasteiger partial charge in [-0.1, -0.05) is 11.6 Å². The molecule has 31 heavy (non-hydrogen) atoms. The number of halogens is 1. The van der Waals surface area contributed by atoms with Gasteiger partial charge in [0, 0.05) is 32.2 Å². The van der Waals surface area contributed by atoms with Crippen molar-refractivity contribution in [2.24, 2.45) is 0 Å². The number of carbonyl (C=O) groups is 1. The molecular formula is C21H25ClN2O6S. The second kappa shape index (κ2) is 10.3. The molecule has 0 unspecified atom stereocenters. The Bertz CT molecular complexity index is 1010. The maximum Gasteiger partial charge on any atom is 0.340 e. The van der Waals surface area contributed by atoms with Gasteiger partial charge in [-0.3, -0.25) is 0 Å². The van der Waals surface area contributed by atoms with Crippen LogP contribution in [0.4, 0.5) is 5.69 Å². The van der Waals surface area contributed by atoms with Gasteiger partial charge in [0.1, 0.15) is 19.0 Å². The van der Waals surface area contributed by atoms with Gasteiger partial charge in [0.15, 0.2) is 0 Å². The molecule has 1 saturated heterocycles. The number of nitrogens with zero attached hydrogens (tertiary/aromatic N) is 2. The first kappa shape index (κ1) is 23.3. The molecule has 1 fully saturated rings. The summed E-state index contributed by atoms with van der Waals surface area (Å²) < 4.78 is 42.5. The first-order valence-corrected chi connectivity index (χ1v) is 11.6. The van der Waals surface area contributed by atoms with E-state index in [1.54, 1.807) is 30.3 Å². The summed E-state index contributed by atoms with van der Waals surface area (Å²) in [6.07, 6.45) is 0. The van der Waals surface area contributed by atoms with Crippen molar-refractivity contribution in [2.45, 2.75) is 4.90 Å². The van der Waals surface area contributed by atoms with Crippen molar-refractivity contribution in [3.8, 4) is 5.75 Å². The van der Waals surface area contributed by atoms with Crippen LogP contribution in [-0.4, -0.2) is 72.3 Å². The van der Waals surface area contributed by atoms with Gasteiger partial charge >= 0.3 is 5.97 Å². The van der Waals surface area contributed by atoms with E-state index in [4.69, 9.17) is 25.8 Å². The standard InChI is InChI=1S/C21H25ClN2O6S/c1-23(2)31(26,27)18-7-8-20(24-9-11-28-12-10-24)19(15-18)21(25)30-14-13-29-17-5-3-16(22)4-6-17/h3-8,15H,9-14H2,1-2H3. The van der Waals surface area contributed by atoms with E-state index in [9.17, 15) is 13.2 Å². The van der Waals surface area contributed by atoms with Crippen molar-refractivity contribution in [3.05, 3.63) is 53.1 Å². The molecule has 0 atom stereocenters. The molecule has 3 rings (SSSR count). The van der Waals surface area contributed by atoms with Gasteiger partial charge in [0.25, 0.3) is 0 Å². The fraction of sp³-hybridized carbons (Fsp3) is 0.381. The number of ether oxygens (including phenoxy) is 3. The lowest BCUT2D eigenvalue weighted by atomic mass is 10.1. The molecule has 168 valence electrons. The number of morpholine rings is 1. The summed E-state index contributed by atoms with van der Waals surface area (Å²) in [7, 11) is -0.815. The van der Waals surface area contributed by atoms with Crippen LogP contribution in [0.1, 0.15) is 10.4 Å². The first-order valence-electron chi connectivity index (χ1n) is 9.74. The van der Waals surface area contributed by atoms with Crippen LogP contribution < -0.4 is 9.64 Å². The molecule has 0 saturated carbocycles. The molecule has 2 aromatic carbocycles. The van der Waals surface area contributed by atoms with Crippen LogP contribution in [0.5, 0.6) is 5.75 Å². The highest BCUT2D eigenvalue weighted by atomic mass is 35.5. The lowest BCUT2D eigenvalue weighted by Crippen LogP contribution is -2.37. The largest absolute Gasteiger partial charge is 0.490 e. The lowest BCUT2D eigenvalue weighted by molar-refractivity contribution is 0.0450. The maximum absolute atomic E-state index is 12.9. The molecular weight excluding hydrogens is 444 g/mol. The topological polar surface area (TPSA) is 85.4 Å². The van der Waals surface area contributed by atoms with Gasteiger partial charge in [0.2, 0.25) is 10.0 Å². The van der Waals surface area contributed by atoms with Crippen LogP contribution >= 0.6 is 11.6 Å². The van der Waals surface area contributed by atoms with E-state index in [-0.39, 0.29) is 23.7 Å². The summed E-state index contributed by atoms with van der Waals surface area (Å²) in [6.45, 7) is 2.41. The Morgan fingerprint density at radius 1 is 1.10 bits per heavy atom. The zero-order chi connectivity index (χ0) is 22.4. The quantitative estimate of drug-likeness (QED) is 0.435. The van der Waals surface area contributed by atoms with E-state index in [2.05, 4.69) is 0 Å². The Morgan fingerprint density at radius 2 is 1.77 bits per heavy atom. The zero-order valence-electron chi connectivity index (χ0n) is 17.4. The number of sulfonamides is 1. The molecule has 0 spiro atoms. The highest BCUT2D eigenvalue weighted by Crippen LogP contribution is 2.27. The van der Waals surface area contributed by atoms with Crippen molar-refractivity contribution in [1.82, 2.24) is 4.31 Å². The molecule has 1 heterocycles. The minimum atomic E-state index is -3.70. The summed E-state index contributed by atoms with van der Waals surface area (Å²) in [5, 5.41) is 0.599. The molecule has 1 aliphatic heterocycles. The summed E-state index contributed by atoms with van der Waals surface area (Å²) in [5.74, 6) is -0.00877. The number of benzene rings is 2. The first-order chi connectivity index (χ1) is 14.8. The Labute approximate surface area is 187 Å². The number of anilines is 1. The van der Waals surface area contributed by atoms with E-state index < -0.39 is 16.0 Å². The van der Waals surface area contributed by atoms with Crippen molar-refractivity contribution >= 4 is 33.3 Å². The van der Waals surface area contributed by atoms with Crippen LogP contribution in [0.3, 0.4) is 0 Å². The molecule has 10 heteroatoms. The highest BCUT2D eigenvalue weighted by molar-refractivity contribution is 7.89. The van der Waals surface area contributed by atoms with Crippen LogP contribution in [0.25, 0.3) is 0 Å². The number of carbonyl (C=O) groups excluding carboxylic acids is 1. The second-order valence-electron chi connectivity index (χ2n) is 7.00. The molecule has 0 aromatic heterocycles. The molecule has 0 bridgehead atoms. The van der Waals surface area contributed by atoms with Gasteiger partial charge in [-0.2, -0.15) is 0 Å². The van der Waals surface area contributed by atoms with Gasteiger partial charge < -0.3 is 19.1 Å². The molecule has 2 aromatic rings. The van der Waals surface area contributed by atoms with E-state index >= 15 is 0 Å². The number of hydrogen-bond acceptors (Lipinski definition) is 7. The lowest BCUT2D eigenvalue weighted by Gasteiger charge is -2.30. The summed E-state index contributed by atoms with van der Waals surface area (Å²) in [4.78, 5) is 14.9. The Kier molecular flexibility index (Phi) is 7.77. The highest BCUT2D eigenvalue weighted by Gasteiger charge is 2.25. The average molecular weight is 469 g/mol. The molecule has 0 aliphatic carbocycles. The SMILES string of the molecule is CN(C)S(=O)(=O)c1ccc(N2CCOCC2)c(C(=O)OCCOc2ccc(Cl)cc2)c1. The minimum Gasteiger partial charge on any atom is -0.490 e. The Balaban J connectivity index is 1.75. The van der Waals surface area contributed by atoms with E-state index in [0.717, 1.165) is 4.31 Å². The maximum atomic E-state index is 12.9. The normalized spacial score (nSPS) is 14.5. The molecule has 8 nitrogen and oxygen atoms in total. The second-order valence-corrected chi connectivity index (χ2v) is 9.59. The van der Waals surface area contributed by atoms with Crippen molar-refractivity contribution < 1.29 is 27.4 Å². The van der Waals surface area contributed by atoms with Gasteiger partial charge in [0.05, 0.1) is 29.4 Å². The van der Waals surface area contributed by atoms with Crippen molar-refractivity contribution in [3.63, 3.8) is 0 Å². The van der Waals surface area contributed by atoms with E-state index in [1.807, 2.05) is 4.90 Å². The van der Waals surface area contributed by atoms with Crippen LogP contribution in [0.2, 0.25) is 5.02 Å². The fourth-order valence-electron chi connectivity index (χ4n) is 3.03. The minimum absolute atomic E-state index is 0.00860. The third-order valence-electron chi connectivity index (χ3n) is 4.72. The Morgan fingerprint density at radius 3 is 2.42 bits per heavy atom. The predicted octanol–water partition coefficient (Wildman–Crippen LogP) is 2.66. The summed E-state index contributed by atoms with van der Waals surface area (Å²) in [5.41, 5.74) is 0.806. The number of rotatable bonds is 8. The predicted molar refractivity (Wildman–Crippen MR) is 118 cm³/mol. The third kappa shape index (κ3) is 5.88. The summed E-state index contributed by atoms with van der Waals surface area (Å²) in [6, 6.07) is 11.3. The molecule has 0 N–H and O–H groups in total. The Hall–Kier alpha value is -2.33. The van der Waals surface area contributed by atoms with E-state index in [0.29, 0.717) is 42.8 Å². The third-order valence-corrected chi connectivity index (χ3v) is 6.78. The zero-order valence-corrected chi connectivity index (χ0v) is 19.0. The fourth-order valence-corrected chi connectivity index (χ4v) is 4.09. The molecule has 0 amide bonds. The summed E-state index contributed by atoms with van der Waals surface area (Å²) >= 11 is 5.84.